The highest BCUT2D eigenvalue weighted by atomic mass is 19.4. The number of alkyl halides is 3. The van der Waals surface area contributed by atoms with E-state index in [0.717, 1.165) is 36.0 Å². The van der Waals surface area contributed by atoms with Crippen LogP contribution in [-0.4, -0.2) is 80.1 Å². The van der Waals surface area contributed by atoms with Crippen LogP contribution in [0, 0.1) is 0 Å². The summed E-state index contributed by atoms with van der Waals surface area (Å²) >= 11 is 0. The Morgan fingerprint density at radius 3 is 2.53 bits per heavy atom. The monoisotopic (exact) mass is 627 g/mol. The standard InChI is InChI=1S/C33H40F3N5O4/c1-5-21(22-10-8-11-23(18-22)33(34,35)36)19-24-25(30(37)42)20-28(43-2)32(45-4,29(24)44-3)41-15-9-14-40(16-17-41)31-38-26-12-6-7-13-27(26)39-31/h6-8,10-13,18,20-21,29H,5,9,14-17,19H2,1-4H3,(H2,37,42)(H,38,39). The molecule has 0 spiro atoms. The molecule has 2 aliphatic rings. The minimum Gasteiger partial charge on any atom is -0.496 e. The third-order valence-electron chi connectivity index (χ3n) is 8.97. The minimum absolute atomic E-state index is 0.204. The number of rotatable bonds is 10. The number of nitrogens with two attached hydrogens (primary N) is 1. The van der Waals surface area contributed by atoms with E-state index in [0.29, 0.717) is 43.0 Å². The molecule has 1 amide bonds. The molecule has 0 saturated carbocycles. The molecule has 3 aromatic rings. The molecule has 1 aromatic heterocycles. The van der Waals surface area contributed by atoms with Crippen molar-refractivity contribution in [2.45, 2.75) is 50.1 Å². The zero-order chi connectivity index (χ0) is 32.4. The number of methoxy groups -OCH3 is 3. The summed E-state index contributed by atoms with van der Waals surface area (Å²) in [5.74, 6) is 0.104. The average Bonchev–Trinajstić information content (AvgIpc) is 3.31. The Morgan fingerprint density at radius 1 is 1.11 bits per heavy atom. The first-order valence-corrected chi connectivity index (χ1v) is 15.1. The topological polar surface area (TPSA) is 106 Å². The fraction of sp³-hybridized carbons (Fsp3) is 0.455. The van der Waals surface area contributed by atoms with Gasteiger partial charge in [0.1, 0.15) is 11.9 Å². The van der Waals surface area contributed by atoms with Gasteiger partial charge >= 0.3 is 6.18 Å². The van der Waals surface area contributed by atoms with Crippen molar-refractivity contribution < 1.29 is 32.2 Å². The molecule has 1 aliphatic heterocycles. The number of amides is 1. The van der Waals surface area contributed by atoms with Crippen molar-refractivity contribution in [1.29, 1.82) is 0 Å². The molecule has 2 aromatic carbocycles. The zero-order valence-corrected chi connectivity index (χ0v) is 26.0. The summed E-state index contributed by atoms with van der Waals surface area (Å²) in [5.41, 5.74) is 7.02. The number of halogens is 3. The number of nitrogens with zero attached hydrogens (tertiary/aromatic N) is 3. The van der Waals surface area contributed by atoms with E-state index in [4.69, 9.17) is 24.9 Å². The van der Waals surface area contributed by atoms with Crippen molar-refractivity contribution in [2.75, 3.05) is 52.4 Å². The Balaban J connectivity index is 1.51. The number of hydrogen-bond donors (Lipinski definition) is 2. The summed E-state index contributed by atoms with van der Waals surface area (Å²) < 4.78 is 59.2. The Labute approximate surface area is 260 Å². The van der Waals surface area contributed by atoms with Gasteiger partial charge in [0.2, 0.25) is 17.6 Å². The van der Waals surface area contributed by atoms with Crippen molar-refractivity contribution in [3.63, 3.8) is 0 Å². The van der Waals surface area contributed by atoms with Gasteiger partial charge in [0.15, 0.2) is 0 Å². The number of para-hydroxylation sites is 2. The van der Waals surface area contributed by atoms with Crippen LogP contribution in [-0.2, 0) is 25.2 Å². The number of primary amides is 1. The van der Waals surface area contributed by atoms with Crippen molar-refractivity contribution in [3.05, 3.63) is 82.6 Å². The Bertz CT molecular complexity index is 1550. The maximum absolute atomic E-state index is 13.6. The van der Waals surface area contributed by atoms with Crippen LogP contribution in [0.2, 0.25) is 0 Å². The molecule has 9 nitrogen and oxygen atoms in total. The third-order valence-corrected chi connectivity index (χ3v) is 8.97. The second-order valence-electron chi connectivity index (χ2n) is 11.4. The maximum Gasteiger partial charge on any atom is 0.416 e. The molecule has 3 N–H and O–H groups in total. The van der Waals surface area contributed by atoms with E-state index in [1.165, 1.54) is 26.4 Å². The van der Waals surface area contributed by atoms with Crippen molar-refractivity contribution >= 4 is 22.9 Å². The number of benzene rings is 2. The second-order valence-corrected chi connectivity index (χ2v) is 11.4. The quantitative estimate of drug-likeness (QED) is 0.312. The lowest BCUT2D eigenvalue weighted by Crippen LogP contribution is -2.63. The van der Waals surface area contributed by atoms with Crippen LogP contribution in [0.15, 0.2) is 71.5 Å². The lowest BCUT2D eigenvalue weighted by molar-refractivity contribution is -0.192. The van der Waals surface area contributed by atoms with Gasteiger partial charge in [-0.2, -0.15) is 13.2 Å². The van der Waals surface area contributed by atoms with Crippen LogP contribution >= 0.6 is 0 Å². The van der Waals surface area contributed by atoms with E-state index in [1.807, 2.05) is 31.2 Å². The molecular weight excluding hydrogens is 587 g/mol. The van der Waals surface area contributed by atoms with Crippen molar-refractivity contribution in [3.8, 4) is 0 Å². The van der Waals surface area contributed by atoms with E-state index in [-0.39, 0.29) is 17.9 Å². The van der Waals surface area contributed by atoms with E-state index in [9.17, 15) is 18.0 Å². The van der Waals surface area contributed by atoms with Gasteiger partial charge in [-0.05, 0) is 60.6 Å². The van der Waals surface area contributed by atoms with E-state index in [1.54, 1.807) is 19.3 Å². The normalized spacial score (nSPS) is 22.3. The molecule has 3 unspecified atom stereocenters. The number of nitrogens with one attached hydrogen (secondary N) is 1. The zero-order valence-electron chi connectivity index (χ0n) is 26.0. The number of aromatic nitrogens is 2. The highest BCUT2D eigenvalue weighted by molar-refractivity contribution is 5.96. The van der Waals surface area contributed by atoms with E-state index in [2.05, 4.69) is 14.8 Å². The number of hydrogen-bond acceptors (Lipinski definition) is 7. The predicted octanol–water partition coefficient (Wildman–Crippen LogP) is 5.36. The van der Waals surface area contributed by atoms with Gasteiger partial charge in [-0.15, -0.1) is 0 Å². The SMILES string of the molecule is CCC(CC1=C(C(N)=O)C=C(OC)C(OC)(N2CCCN(c3nc4ccccc4[nH]3)CC2)C1OC)c1cccc(C(F)(F)F)c1. The number of carbonyl (C=O) groups excluding carboxylic acids is 1. The number of carbonyl (C=O) groups is 1. The second kappa shape index (κ2) is 13.2. The summed E-state index contributed by atoms with van der Waals surface area (Å²) in [6, 6.07) is 13.2. The fourth-order valence-corrected chi connectivity index (χ4v) is 6.73. The van der Waals surface area contributed by atoms with Crippen LogP contribution in [0.4, 0.5) is 19.1 Å². The van der Waals surface area contributed by atoms with Crippen LogP contribution in [0.3, 0.4) is 0 Å². The molecule has 3 atom stereocenters. The first-order chi connectivity index (χ1) is 21.6. The first-order valence-electron chi connectivity index (χ1n) is 15.1. The van der Waals surface area contributed by atoms with Gasteiger partial charge in [-0.3, -0.25) is 9.69 Å². The van der Waals surface area contributed by atoms with Crippen molar-refractivity contribution in [2.24, 2.45) is 5.73 Å². The van der Waals surface area contributed by atoms with Crippen molar-refractivity contribution in [1.82, 2.24) is 14.9 Å². The summed E-state index contributed by atoms with van der Waals surface area (Å²) in [5, 5.41) is 0. The molecule has 45 heavy (non-hydrogen) atoms. The summed E-state index contributed by atoms with van der Waals surface area (Å²) in [6.45, 7) is 4.40. The van der Waals surface area contributed by atoms with Gasteiger partial charge in [-0.25, -0.2) is 4.98 Å². The molecule has 12 heteroatoms. The molecule has 5 rings (SSSR count). The maximum atomic E-state index is 13.6. The summed E-state index contributed by atoms with van der Waals surface area (Å²) in [6.07, 6.45) is -2.22. The number of anilines is 1. The fourth-order valence-electron chi connectivity index (χ4n) is 6.73. The highest BCUT2D eigenvalue weighted by Crippen LogP contribution is 2.45. The molecule has 0 bridgehead atoms. The Kier molecular flexibility index (Phi) is 9.57. The summed E-state index contributed by atoms with van der Waals surface area (Å²) in [7, 11) is 4.60. The van der Waals surface area contributed by atoms with Crippen LogP contribution < -0.4 is 10.6 Å². The van der Waals surface area contributed by atoms with E-state index < -0.39 is 29.5 Å². The molecule has 1 aliphatic carbocycles. The lowest BCUT2D eigenvalue weighted by atomic mass is 9.78. The van der Waals surface area contributed by atoms with Crippen LogP contribution in [0.5, 0.6) is 0 Å². The third kappa shape index (κ3) is 6.18. The minimum atomic E-state index is -4.48. The lowest BCUT2D eigenvalue weighted by Gasteiger charge is -2.49. The average molecular weight is 628 g/mol. The summed E-state index contributed by atoms with van der Waals surface area (Å²) in [4.78, 5) is 25.4. The number of H-pyrrole nitrogens is 1. The number of ether oxygens (including phenoxy) is 3. The molecular formula is C33H40F3N5O4. The Hall–Kier alpha value is -3.87. The number of aromatic amines is 1. The van der Waals surface area contributed by atoms with E-state index >= 15 is 0 Å². The van der Waals surface area contributed by atoms with Gasteiger partial charge in [0.25, 0.3) is 0 Å². The number of imidazole rings is 1. The van der Waals surface area contributed by atoms with Gasteiger partial charge < -0.3 is 29.8 Å². The first kappa shape index (κ1) is 32.5. The number of fused-ring (bicyclic) bond motifs is 1. The molecule has 0 radical (unpaired) electrons. The van der Waals surface area contributed by atoms with Gasteiger partial charge in [0.05, 0.1) is 23.7 Å². The predicted molar refractivity (Wildman–Crippen MR) is 165 cm³/mol. The molecule has 2 heterocycles. The largest absolute Gasteiger partial charge is 0.496 e. The van der Waals surface area contributed by atoms with Gasteiger partial charge in [0, 0.05) is 46.0 Å². The molecule has 242 valence electrons. The van der Waals surface area contributed by atoms with Gasteiger partial charge in [-0.1, -0.05) is 37.3 Å². The molecule has 1 fully saturated rings. The molecule has 1 saturated heterocycles. The van der Waals surface area contributed by atoms with Crippen LogP contribution in [0.25, 0.3) is 11.0 Å². The Morgan fingerprint density at radius 2 is 1.89 bits per heavy atom. The van der Waals surface area contributed by atoms with Crippen LogP contribution in [0.1, 0.15) is 43.2 Å². The highest BCUT2D eigenvalue weighted by Gasteiger charge is 2.54. The smallest absolute Gasteiger partial charge is 0.416 e.